The molecule has 0 saturated heterocycles. The van der Waals surface area contributed by atoms with Gasteiger partial charge in [0.25, 0.3) is 5.91 Å². The minimum Gasteiger partial charge on any atom is -0.347 e. The summed E-state index contributed by atoms with van der Waals surface area (Å²) in [6.45, 7) is 0.376. The van der Waals surface area contributed by atoms with E-state index in [4.69, 9.17) is 0 Å². The largest absolute Gasteiger partial charge is 0.347 e. The SMILES string of the molecule is O=C(NCc1ccc(-n2cnc3ccccc32)cc1)c1cccc(=O)[nH]1. The van der Waals surface area contributed by atoms with Crippen LogP contribution >= 0.6 is 0 Å². The Balaban J connectivity index is 1.48. The number of H-pyrrole nitrogens is 1. The number of hydrogen-bond donors (Lipinski definition) is 2. The second-order valence-corrected chi connectivity index (χ2v) is 5.88. The molecule has 26 heavy (non-hydrogen) atoms. The maximum atomic E-state index is 12.1. The number of aromatic amines is 1. The van der Waals surface area contributed by atoms with Crippen LogP contribution in [0, 0.1) is 0 Å². The molecule has 0 aliphatic heterocycles. The van der Waals surface area contributed by atoms with E-state index in [1.807, 2.05) is 53.1 Å². The summed E-state index contributed by atoms with van der Waals surface area (Å²) >= 11 is 0. The number of fused-ring (bicyclic) bond motifs is 1. The van der Waals surface area contributed by atoms with Crippen LogP contribution in [0.1, 0.15) is 16.1 Å². The van der Waals surface area contributed by atoms with Crippen molar-refractivity contribution in [2.24, 2.45) is 0 Å². The molecule has 4 aromatic rings. The summed E-state index contributed by atoms with van der Waals surface area (Å²) in [6.07, 6.45) is 1.80. The first kappa shape index (κ1) is 15.8. The number of benzene rings is 2. The van der Waals surface area contributed by atoms with Gasteiger partial charge in [0.15, 0.2) is 0 Å². The third-order valence-electron chi connectivity index (χ3n) is 4.13. The fourth-order valence-electron chi connectivity index (χ4n) is 2.80. The van der Waals surface area contributed by atoms with Gasteiger partial charge in [-0.3, -0.25) is 14.2 Å². The molecular formula is C20H16N4O2. The molecule has 0 aliphatic carbocycles. The Labute approximate surface area is 149 Å². The van der Waals surface area contributed by atoms with Gasteiger partial charge in [-0.05, 0) is 35.9 Å². The molecule has 2 N–H and O–H groups in total. The Morgan fingerprint density at radius 1 is 1.00 bits per heavy atom. The molecular weight excluding hydrogens is 328 g/mol. The number of nitrogens with zero attached hydrogens (tertiary/aromatic N) is 2. The number of hydrogen-bond acceptors (Lipinski definition) is 3. The molecule has 0 bridgehead atoms. The zero-order valence-corrected chi connectivity index (χ0v) is 13.8. The van der Waals surface area contributed by atoms with Gasteiger partial charge < -0.3 is 10.3 Å². The third kappa shape index (κ3) is 3.12. The number of carbonyl (C=O) groups is 1. The van der Waals surface area contributed by atoms with Gasteiger partial charge in [0, 0.05) is 18.3 Å². The third-order valence-corrected chi connectivity index (χ3v) is 4.13. The van der Waals surface area contributed by atoms with E-state index >= 15 is 0 Å². The smallest absolute Gasteiger partial charge is 0.268 e. The summed E-state index contributed by atoms with van der Waals surface area (Å²) in [6, 6.07) is 20.3. The summed E-state index contributed by atoms with van der Waals surface area (Å²) in [7, 11) is 0. The van der Waals surface area contributed by atoms with Gasteiger partial charge in [-0.2, -0.15) is 0 Å². The second kappa shape index (κ2) is 6.68. The number of pyridine rings is 1. The molecule has 0 radical (unpaired) electrons. The van der Waals surface area contributed by atoms with Crippen molar-refractivity contribution in [3.63, 3.8) is 0 Å². The normalized spacial score (nSPS) is 10.8. The van der Waals surface area contributed by atoms with Crippen molar-refractivity contribution in [2.45, 2.75) is 6.54 Å². The molecule has 0 unspecified atom stereocenters. The van der Waals surface area contributed by atoms with Crippen molar-refractivity contribution in [2.75, 3.05) is 0 Å². The summed E-state index contributed by atoms with van der Waals surface area (Å²) in [5.41, 5.74) is 3.90. The summed E-state index contributed by atoms with van der Waals surface area (Å²) in [5.74, 6) is -0.313. The van der Waals surface area contributed by atoms with Crippen LogP contribution in [-0.2, 0) is 6.54 Å². The highest BCUT2D eigenvalue weighted by molar-refractivity contribution is 5.92. The van der Waals surface area contributed by atoms with Crippen molar-refractivity contribution >= 4 is 16.9 Å². The Kier molecular flexibility index (Phi) is 4.07. The Hall–Kier alpha value is -3.67. The molecule has 0 aliphatic rings. The average Bonchev–Trinajstić information content (AvgIpc) is 3.11. The number of aromatic nitrogens is 3. The molecule has 2 aromatic carbocycles. The van der Waals surface area contributed by atoms with Crippen LogP contribution < -0.4 is 10.9 Å². The lowest BCUT2D eigenvalue weighted by molar-refractivity contribution is 0.0945. The molecule has 1 amide bonds. The van der Waals surface area contributed by atoms with Crippen LogP contribution in [0.25, 0.3) is 16.7 Å². The Morgan fingerprint density at radius 3 is 2.62 bits per heavy atom. The zero-order valence-electron chi connectivity index (χ0n) is 13.8. The topological polar surface area (TPSA) is 79.8 Å². The van der Waals surface area contributed by atoms with Crippen LogP contribution in [0.3, 0.4) is 0 Å². The predicted octanol–water partition coefficient (Wildman–Crippen LogP) is 2.64. The quantitative estimate of drug-likeness (QED) is 0.597. The highest BCUT2D eigenvalue weighted by Gasteiger charge is 2.07. The van der Waals surface area contributed by atoms with Crippen LogP contribution in [0.5, 0.6) is 0 Å². The molecule has 128 valence electrons. The highest BCUT2D eigenvalue weighted by Crippen LogP contribution is 2.18. The van der Waals surface area contributed by atoms with Crippen molar-refractivity contribution in [3.8, 4) is 5.69 Å². The van der Waals surface area contributed by atoms with E-state index in [0.717, 1.165) is 22.3 Å². The predicted molar refractivity (Wildman–Crippen MR) is 99.3 cm³/mol. The summed E-state index contributed by atoms with van der Waals surface area (Å²) in [5, 5.41) is 2.80. The van der Waals surface area contributed by atoms with Crippen molar-refractivity contribution in [3.05, 3.63) is 94.7 Å². The highest BCUT2D eigenvalue weighted by atomic mass is 16.2. The first-order chi connectivity index (χ1) is 12.7. The number of carbonyl (C=O) groups excluding carboxylic acids is 1. The lowest BCUT2D eigenvalue weighted by Crippen LogP contribution is -2.25. The summed E-state index contributed by atoms with van der Waals surface area (Å²) < 4.78 is 2.02. The molecule has 0 atom stereocenters. The number of para-hydroxylation sites is 2. The van der Waals surface area contributed by atoms with Gasteiger partial charge in [-0.1, -0.05) is 30.3 Å². The fraction of sp³-hybridized carbons (Fsp3) is 0.0500. The number of nitrogens with one attached hydrogen (secondary N) is 2. The first-order valence-corrected chi connectivity index (χ1v) is 8.20. The van der Waals surface area contributed by atoms with Crippen molar-refractivity contribution in [1.29, 1.82) is 0 Å². The maximum absolute atomic E-state index is 12.1. The first-order valence-electron chi connectivity index (χ1n) is 8.20. The molecule has 6 heteroatoms. The minimum atomic E-state index is -0.313. The molecule has 0 spiro atoms. The number of amides is 1. The maximum Gasteiger partial charge on any atom is 0.268 e. The fourth-order valence-corrected chi connectivity index (χ4v) is 2.80. The Bertz CT molecular complexity index is 1130. The zero-order chi connectivity index (χ0) is 17.9. The van der Waals surface area contributed by atoms with Gasteiger partial charge in [0.05, 0.1) is 11.0 Å². The number of rotatable bonds is 4. The van der Waals surface area contributed by atoms with Gasteiger partial charge in [0.1, 0.15) is 12.0 Å². The van der Waals surface area contributed by atoms with Crippen LogP contribution in [0.2, 0.25) is 0 Å². The van der Waals surface area contributed by atoms with Crippen molar-refractivity contribution < 1.29 is 4.79 Å². The minimum absolute atomic E-state index is 0.249. The van der Waals surface area contributed by atoms with E-state index in [1.54, 1.807) is 18.5 Å². The average molecular weight is 344 g/mol. The monoisotopic (exact) mass is 344 g/mol. The van der Waals surface area contributed by atoms with E-state index in [9.17, 15) is 9.59 Å². The van der Waals surface area contributed by atoms with Gasteiger partial charge in [-0.15, -0.1) is 0 Å². The van der Waals surface area contributed by atoms with Crippen LogP contribution in [-0.4, -0.2) is 20.4 Å². The standard InChI is InChI=1S/C20H16N4O2/c25-19-7-3-5-17(23-19)20(26)21-12-14-8-10-15(11-9-14)24-13-22-16-4-1-2-6-18(16)24/h1-11,13H,12H2,(H,21,26)(H,23,25). The summed E-state index contributed by atoms with van der Waals surface area (Å²) in [4.78, 5) is 30.3. The van der Waals surface area contributed by atoms with Crippen LogP contribution in [0.15, 0.2) is 77.9 Å². The van der Waals surface area contributed by atoms with E-state index in [-0.39, 0.29) is 17.2 Å². The molecule has 2 heterocycles. The molecule has 0 saturated carbocycles. The van der Waals surface area contributed by atoms with E-state index in [1.165, 1.54) is 6.07 Å². The second-order valence-electron chi connectivity index (χ2n) is 5.88. The molecule has 2 aromatic heterocycles. The van der Waals surface area contributed by atoms with Gasteiger partial charge in [0.2, 0.25) is 5.56 Å². The van der Waals surface area contributed by atoms with Gasteiger partial charge in [-0.25, -0.2) is 4.98 Å². The lowest BCUT2D eigenvalue weighted by Gasteiger charge is -2.08. The lowest BCUT2D eigenvalue weighted by atomic mass is 10.2. The van der Waals surface area contributed by atoms with Crippen LogP contribution in [0.4, 0.5) is 0 Å². The van der Waals surface area contributed by atoms with E-state index in [2.05, 4.69) is 15.3 Å². The van der Waals surface area contributed by atoms with E-state index in [0.29, 0.717) is 6.54 Å². The Morgan fingerprint density at radius 2 is 1.81 bits per heavy atom. The number of imidazole rings is 1. The van der Waals surface area contributed by atoms with Crippen molar-refractivity contribution in [1.82, 2.24) is 19.9 Å². The molecule has 6 nitrogen and oxygen atoms in total. The van der Waals surface area contributed by atoms with E-state index < -0.39 is 0 Å². The molecule has 4 rings (SSSR count). The van der Waals surface area contributed by atoms with Gasteiger partial charge >= 0.3 is 0 Å². The molecule has 0 fully saturated rings.